The maximum absolute atomic E-state index is 15.1. The van der Waals surface area contributed by atoms with Crippen LogP contribution in [0.25, 0.3) is 11.1 Å². The molecule has 0 aliphatic rings. The highest BCUT2D eigenvalue weighted by Crippen LogP contribution is 2.44. The Morgan fingerprint density at radius 2 is 1.27 bits per heavy atom. The number of benzene rings is 2. The summed E-state index contributed by atoms with van der Waals surface area (Å²) in [4.78, 5) is -0.284. The summed E-state index contributed by atoms with van der Waals surface area (Å²) in [5.74, 6) is -10.7. The second-order valence-electron chi connectivity index (χ2n) is 9.05. The van der Waals surface area contributed by atoms with E-state index in [1.54, 1.807) is 32.9 Å². The van der Waals surface area contributed by atoms with Crippen molar-refractivity contribution < 1.29 is 34.9 Å². The van der Waals surface area contributed by atoms with Gasteiger partial charge in [-0.15, -0.1) is 0 Å². The highest BCUT2D eigenvalue weighted by atomic mass is 32.2. The molecule has 1 N–H and O–H groups in total. The average molecular weight is 545 g/mol. The number of rotatable bonds is 10. The summed E-state index contributed by atoms with van der Waals surface area (Å²) >= 11 is 0. The Morgan fingerprint density at radius 1 is 0.784 bits per heavy atom. The van der Waals surface area contributed by atoms with E-state index in [0.29, 0.717) is 36.8 Å². The summed E-state index contributed by atoms with van der Waals surface area (Å²) in [5.41, 5.74) is 1.82. The SMILES string of the molecule is CC/C(C)=C(/c1c(F)c(F)c(F)c(F)c1F)C(CC)/C(CC)=C(/c1ccc(S(=O)(=O)O)cc1)C(C)CC. The largest absolute Gasteiger partial charge is 0.294 e. The molecule has 37 heavy (non-hydrogen) atoms. The van der Waals surface area contributed by atoms with Crippen LogP contribution in [-0.4, -0.2) is 13.0 Å². The predicted octanol–water partition coefficient (Wildman–Crippen LogP) is 8.75. The molecule has 3 nitrogen and oxygen atoms in total. The zero-order chi connectivity index (χ0) is 28.2. The van der Waals surface area contributed by atoms with Gasteiger partial charge in [-0.3, -0.25) is 4.55 Å². The number of halogens is 5. The molecule has 0 aliphatic carbocycles. The van der Waals surface area contributed by atoms with E-state index in [-0.39, 0.29) is 16.4 Å². The van der Waals surface area contributed by atoms with Crippen molar-refractivity contribution in [3.05, 3.63) is 75.6 Å². The lowest BCUT2D eigenvalue weighted by Crippen LogP contribution is -2.17. The van der Waals surface area contributed by atoms with Crippen molar-refractivity contribution in [2.45, 2.75) is 72.1 Å². The Labute approximate surface area is 215 Å². The van der Waals surface area contributed by atoms with Crippen LogP contribution >= 0.6 is 0 Å². The van der Waals surface area contributed by atoms with Crippen LogP contribution in [0.1, 0.15) is 78.4 Å². The molecule has 2 unspecified atom stereocenters. The molecule has 0 fully saturated rings. The van der Waals surface area contributed by atoms with Crippen LogP contribution in [0.15, 0.2) is 40.3 Å². The Bertz CT molecular complexity index is 1280. The van der Waals surface area contributed by atoms with Crippen LogP contribution in [0.4, 0.5) is 22.0 Å². The van der Waals surface area contributed by atoms with Gasteiger partial charge >= 0.3 is 0 Å². The minimum absolute atomic E-state index is 0.0602. The topological polar surface area (TPSA) is 54.4 Å². The van der Waals surface area contributed by atoms with Gasteiger partial charge in [-0.2, -0.15) is 8.42 Å². The second-order valence-corrected chi connectivity index (χ2v) is 10.5. The quantitative estimate of drug-likeness (QED) is 0.141. The molecule has 0 saturated carbocycles. The molecule has 2 aromatic carbocycles. The molecular formula is C28H33F5O3S. The molecule has 0 heterocycles. The third-order valence-electron chi connectivity index (χ3n) is 6.94. The van der Waals surface area contributed by atoms with Crippen molar-refractivity contribution in [2.24, 2.45) is 11.8 Å². The third-order valence-corrected chi connectivity index (χ3v) is 7.81. The van der Waals surface area contributed by atoms with Crippen molar-refractivity contribution in [2.75, 3.05) is 0 Å². The lowest BCUT2D eigenvalue weighted by molar-refractivity contribution is 0.375. The maximum atomic E-state index is 15.1. The summed E-state index contributed by atoms with van der Waals surface area (Å²) in [6, 6.07) is 5.61. The van der Waals surface area contributed by atoms with Gasteiger partial charge in [0, 0.05) is 5.92 Å². The predicted molar refractivity (Wildman–Crippen MR) is 136 cm³/mol. The highest BCUT2D eigenvalue weighted by molar-refractivity contribution is 7.85. The molecule has 0 radical (unpaired) electrons. The van der Waals surface area contributed by atoms with E-state index in [1.807, 2.05) is 20.8 Å². The zero-order valence-corrected chi connectivity index (χ0v) is 22.7. The van der Waals surface area contributed by atoms with Crippen LogP contribution in [0, 0.1) is 40.9 Å². The average Bonchev–Trinajstić information content (AvgIpc) is 2.88. The van der Waals surface area contributed by atoms with Gasteiger partial charge < -0.3 is 0 Å². The van der Waals surface area contributed by atoms with E-state index in [0.717, 1.165) is 11.1 Å². The fourth-order valence-electron chi connectivity index (χ4n) is 4.76. The van der Waals surface area contributed by atoms with Crippen LogP contribution < -0.4 is 0 Å². The summed E-state index contributed by atoms with van der Waals surface area (Å²) in [6.07, 6.45) is 1.72. The first kappa shape index (κ1) is 30.7. The summed E-state index contributed by atoms with van der Waals surface area (Å²) in [6.45, 7) is 10.9. The van der Waals surface area contributed by atoms with Crippen molar-refractivity contribution in [1.82, 2.24) is 0 Å². The minimum Gasteiger partial charge on any atom is -0.282 e. The van der Waals surface area contributed by atoms with E-state index < -0.39 is 50.7 Å². The Morgan fingerprint density at radius 3 is 1.65 bits per heavy atom. The zero-order valence-electron chi connectivity index (χ0n) is 21.9. The Hall–Kier alpha value is -2.52. The molecular weight excluding hydrogens is 511 g/mol. The monoisotopic (exact) mass is 544 g/mol. The first-order chi connectivity index (χ1) is 17.3. The van der Waals surface area contributed by atoms with Crippen LogP contribution in [0.5, 0.6) is 0 Å². The van der Waals surface area contributed by atoms with Gasteiger partial charge in [0.05, 0.1) is 10.5 Å². The van der Waals surface area contributed by atoms with Gasteiger partial charge in [-0.25, -0.2) is 22.0 Å². The molecule has 0 aliphatic heterocycles. The smallest absolute Gasteiger partial charge is 0.282 e. The molecule has 2 aromatic rings. The van der Waals surface area contributed by atoms with Crippen LogP contribution in [-0.2, 0) is 10.1 Å². The lowest BCUT2D eigenvalue weighted by atomic mass is 9.75. The van der Waals surface area contributed by atoms with Crippen LogP contribution in [0.3, 0.4) is 0 Å². The fraction of sp³-hybridized carbons (Fsp3) is 0.429. The normalized spacial score (nSPS) is 15.2. The van der Waals surface area contributed by atoms with Gasteiger partial charge in [0.2, 0.25) is 5.82 Å². The highest BCUT2D eigenvalue weighted by Gasteiger charge is 2.33. The molecule has 0 aromatic heterocycles. The molecule has 2 rings (SSSR count). The van der Waals surface area contributed by atoms with Crippen LogP contribution in [0.2, 0.25) is 0 Å². The summed E-state index contributed by atoms with van der Waals surface area (Å²) in [7, 11) is -4.41. The minimum atomic E-state index is -4.41. The summed E-state index contributed by atoms with van der Waals surface area (Å²) in [5, 5.41) is 0. The van der Waals surface area contributed by atoms with E-state index >= 15 is 8.78 Å². The summed E-state index contributed by atoms with van der Waals surface area (Å²) < 4.78 is 105. The standard InChI is InChI=1S/C28H33F5O3S/c1-7-15(5)21(17-11-13-18(14-12-17)37(34,35)36)19(9-3)20(10-4)22(16(6)8-2)23-24(29)26(31)28(33)27(32)25(23)30/h11-15,20H,7-10H2,1-6H3,(H,34,35,36)/b21-19+,22-16+. The third kappa shape index (κ3) is 6.14. The number of hydrogen-bond acceptors (Lipinski definition) is 2. The van der Waals surface area contributed by atoms with Gasteiger partial charge in [0.15, 0.2) is 23.3 Å². The van der Waals surface area contributed by atoms with E-state index in [1.165, 1.54) is 12.1 Å². The van der Waals surface area contributed by atoms with Gasteiger partial charge in [0.1, 0.15) is 0 Å². The molecule has 0 saturated heterocycles. The molecule has 0 bridgehead atoms. The fourth-order valence-corrected chi connectivity index (χ4v) is 5.24. The number of allylic oxidation sites excluding steroid dienone is 4. The van der Waals surface area contributed by atoms with E-state index in [2.05, 4.69) is 0 Å². The van der Waals surface area contributed by atoms with E-state index in [9.17, 15) is 26.1 Å². The van der Waals surface area contributed by atoms with Crippen molar-refractivity contribution in [3.63, 3.8) is 0 Å². The van der Waals surface area contributed by atoms with Gasteiger partial charge in [-0.1, -0.05) is 57.9 Å². The Balaban J connectivity index is 2.98. The van der Waals surface area contributed by atoms with E-state index in [4.69, 9.17) is 0 Å². The number of hydrogen-bond donors (Lipinski definition) is 1. The van der Waals surface area contributed by atoms with Crippen molar-refractivity contribution in [1.29, 1.82) is 0 Å². The Kier molecular flexibility index (Phi) is 10.2. The van der Waals surface area contributed by atoms with Crippen molar-refractivity contribution >= 4 is 21.3 Å². The molecule has 0 spiro atoms. The molecule has 9 heteroatoms. The second kappa shape index (κ2) is 12.3. The van der Waals surface area contributed by atoms with Gasteiger partial charge in [-0.05, 0) is 67.4 Å². The molecule has 0 amide bonds. The molecule has 2 atom stereocenters. The molecule has 204 valence electrons. The van der Waals surface area contributed by atoms with Crippen molar-refractivity contribution in [3.8, 4) is 0 Å². The lowest BCUT2D eigenvalue weighted by Gasteiger charge is -2.30. The first-order valence-electron chi connectivity index (χ1n) is 12.3. The first-order valence-corrected chi connectivity index (χ1v) is 13.7. The maximum Gasteiger partial charge on any atom is 0.294 e. The van der Waals surface area contributed by atoms with Gasteiger partial charge in [0.25, 0.3) is 10.1 Å².